The largest absolute Gasteiger partial charge is 0.496 e. The average Bonchev–Trinajstić information content (AvgIpc) is 3.14. The van der Waals surface area contributed by atoms with Crippen molar-refractivity contribution in [1.82, 2.24) is 25.1 Å². The molecule has 0 radical (unpaired) electrons. The molecule has 1 aromatic carbocycles. The third-order valence-corrected chi connectivity index (χ3v) is 5.47. The van der Waals surface area contributed by atoms with Crippen molar-refractivity contribution in [2.75, 3.05) is 25.5 Å². The summed E-state index contributed by atoms with van der Waals surface area (Å²) < 4.78 is 7.04. The molecule has 2 aromatic heterocycles. The zero-order valence-corrected chi connectivity index (χ0v) is 19.7. The lowest BCUT2D eigenvalue weighted by molar-refractivity contribution is 0.0949. The molecule has 0 bridgehead atoms. The molecule has 0 fully saturated rings. The molecule has 0 atom stereocenters. The number of nitrogens with zero attached hydrogens (tertiary/aromatic N) is 4. The van der Waals surface area contributed by atoms with Crippen LogP contribution in [0.4, 0.5) is 5.82 Å². The van der Waals surface area contributed by atoms with Crippen LogP contribution in [-0.4, -0.2) is 51.1 Å². The summed E-state index contributed by atoms with van der Waals surface area (Å²) in [6, 6.07) is 4.95. The highest BCUT2D eigenvalue weighted by molar-refractivity contribution is 7.99. The minimum atomic E-state index is -0.258. The molecule has 2 N–H and O–H groups in total. The van der Waals surface area contributed by atoms with Crippen molar-refractivity contribution < 1.29 is 9.53 Å². The fourth-order valence-electron chi connectivity index (χ4n) is 2.97. The quantitative estimate of drug-likeness (QED) is 0.343. The number of hydrogen-bond acceptors (Lipinski definition) is 7. The van der Waals surface area contributed by atoms with Gasteiger partial charge in [0, 0.05) is 23.4 Å². The maximum atomic E-state index is 12.6. The number of carbonyl (C=O) groups is 1. The molecule has 2 heterocycles. The summed E-state index contributed by atoms with van der Waals surface area (Å²) in [6.07, 6.45) is 2.75. The first-order valence-electron chi connectivity index (χ1n) is 10.2. The monoisotopic (exact) mass is 462 g/mol. The molecular formula is C21H27ClN6O2S. The molecule has 10 heteroatoms. The van der Waals surface area contributed by atoms with E-state index >= 15 is 0 Å². The van der Waals surface area contributed by atoms with Gasteiger partial charge in [0.15, 0.2) is 10.8 Å². The first kappa shape index (κ1) is 23.1. The van der Waals surface area contributed by atoms with E-state index in [0.29, 0.717) is 39.8 Å². The topological polar surface area (TPSA) is 94.0 Å². The first-order valence-corrected chi connectivity index (χ1v) is 11.4. The van der Waals surface area contributed by atoms with Crippen LogP contribution >= 0.6 is 23.4 Å². The average molecular weight is 463 g/mol. The van der Waals surface area contributed by atoms with E-state index < -0.39 is 0 Å². The number of ether oxygens (including phenoxy) is 1. The van der Waals surface area contributed by atoms with Crippen molar-refractivity contribution in [3.05, 3.63) is 35.0 Å². The number of carbonyl (C=O) groups excluding carboxylic acids is 1. The van der Waals surface area contributed by atoms with E-state index in [9.17, 15) is 4.79 Å². The van der Waals surface area contributed by atoms with Gasteiger partial charge in [-0.3, -0.25) is 4.79 Å². The Kier molecular flexibility index (Phi) is 7.97. The van der Waals surface area contributed by atoms with E-state index in [1.165, 1.54) is 7.11 Å². The maximum absolute atomic E-state index is 12.6. The van der Waals surface area contributed by atoms with Gasteiger partial charge in [0.2, 0.25) is 0 Å². The number of aromatic nitrogens is 4. The minimum absolute atomic E-state index is 0.258. The van der Waals surface area contributed by atoms with Crippen molar-refractivity contribution in [2.24, 2.45) is 0 Å². The van der Waals surface area contributed by atoms with Crippen LogP contribution in [0.3, 0.4) is 0 Å². The number of thioether (sulfide) groups is 1. The predicted molar refractivity (Wildman–Crippen MR) is 125 cm³/mol. The van der Waals surface area contributed by atoms with E-state index in [2.05, 4.69) is 41.5 Å². The van der Waals surface area contributed by atoms with Crippen LogP contribution in [0.5, 0.6) is 5.75 Å². The fraction of sp³-hybridized carbons (Fsp3) is 0.429. The summed E-state index contributed by atoms with van der Waals surface area (Å²) >= 11 is 7.63. The zero-order valence-electron chi connectivity index (χ0n) is 18.1. The summed E-state index contributed by atoms with van der Waals surface area (Å²) in [4.78, 5) is 22.0. The van der Waals surface area contributed by atoms with Crippen LogP contribution in [0.15, 0.2) is 29.6 Å². The Balaban J connectivity index is 1.77. The zero-order chi connectivity index (χ0) is 22.4. The molecule has 166 valence electrons. The number of anilines is 1. The SMILES string of the molecule is CCCNc1nc(SC(C)C)nc2c1cnn2CCNC(=O)c1cc(Cl)ccc1OC. The Hall–Kier alpha value is -2.52. The molecule has 0 spiro atoms. The van der Waals surface area contributed by atoms with Crippen LogP contribution in [0.2, 0.25) is 5.02 Å². The lowest BCUT2D eigenvalue weighted by Crippen LogP contribution is -2.28. The number of hydrogen-bond donors (Lipinski definition) is 2. The highest BCUT2D eigenvalue weighted by Crippen LogP contribution is 2.26. The number of halogens is 1. The fourth-order valence-corrected chi connectivity index (χ4v) is 3.85. The molecule has 1 amide bonds. The summed E-state index contributed by atoms with van der Waals surface area (Å²) in [5.74, 6) is 1.00. The summed E-state index contributed by atoms with van der Waals surface area (Å²) in [7, 11) is 1.52. The number of nitrogens with one attached hydrogen (secondary N) is 2. The smallest absolute Gasteiger partial charge is 0.255 e. The van der Waals surface area contributed by atoms with Gasteiger partial charge in [-0.2, -0.15) is 5.10 Å². The molecule has 0 saturated heterocycles. The van der Waals surface area contributed by atoms with Crippen molar-refractivity contribution in [3.8, 4) is 5.75 Å². The lowest BCUT2D eigenvalue weighted by Gasteiger charge is -2.11. The second-order valence-corrected chi connectivity index (χ2v) is 9.13. The van der Waals surface area contributed by atoms with E-state index in [0.717, 1.165) is 29.8 Å². The molecule has 0 unspecified atom stereocenters. The van der Waals surface area contributed by atoms with Gasteiger partial charge < -0.3 is 15.4 Å². The molecule has 0 aliphatic carbocycles. The van der Waals surface area contributed by atoms with Crippen molar-refractivity contribution in [2.45, 2.75) is 44.1 Å². The maximum Gasteiger partial charge on any atom is 0.255 e. The molecular weight excluding hydrogens is 436 g/mol. The standard InChI is InChI=1S/C21H27ClN6O2S/c1-5-8-23-18-16-12-25-28(19(16)27-21(26-18)31-13(2)3)10-9-24-20(29)15-11-14(22)6-7-17(15)30-4/h6-7,11-13H,5,8-10H2,1-4H3,(H,24,29)(H,23,26,27). The molecule has 8 nitrogen and oxygen atoms in total. The Morgan fingerprint density at radius 3 is 2.81 bits per heavy atom. The second-order valence-electron chi connectivity index (χ2n) is 7.15. The van der Waals surface area contributed by atoms with Crippen LogP contribution in [0.25, 0.3) is 11.0 Å². The van der Waals surface area contributed by atoms with Gasteiger partial charge in [-0.15, -0.1) is 0 Å². The van der Waals surface area contributed by atoms with Gasteiger partial charge in [0.25, 0.3) is 5.91 Å². The highest BCUT2D eigenvalue weighted by atomic mass is 35.5. The Bertz CT molecular complexity index is 1060. The van der Waals surface area contributed by atoms with Crippen LogP contribution in [0.1, 0.15) is 37.6 Å². The second kappa shape index (κ2) is 10.7. The third kappa shape index (κ3) is 5.80. The summed E-state index contributed by atoms with van der Waals surface area (Å²) in [5, 5.41) is 13.1. The highest BCUT2D eigenvalue weighted by Gasteiger charge is 2.16. The van der Waals surface area contributed by atoms with Gasteiger partial charge in [-0.05, 0) is 24.6 Å². The summed E-state index contributed by atoms with van der Waals surface area (Å²) in [6.45, 7) is 7.98. The van der Waals surface area contributed by atoms with E-state index in [-0.39, 0.29) is 5.91 Å². The number of benzene rings is 1. The van der Waals surface area contributed by atoms with E-state index in [4.69, 9.17) is 21.3 Å². The Labute approximate surface area is 191 Å². The van der Waals surface area contributed by atoms with Crippen LogP contribution < -0.4 is 15.4 Å². The number of methoxy groups -OCH3 is 1. The molecule has 0 saturated carbocycles. The Morgan fingerprint density at radius 2 is 2.10 bits per heavy atom. The first-order chi connectivity index (χ1) is 14.9. The van der Waals surface area contributed by atoms with Crippen molar-refractivity contribution in [3.63, 3.8) is 0 Å². The molecule has 0 aliphatic rings. The Morgan fingerprint density at radius 1 is 1.29 bits per heavy atom. The molecule has 3 aromatic rings. The van der Waals surface area contributed by atoms with Crippen molar-refractivity contribution in [1.29, 1.82) is 0 Å². The van der Waals surface area contributed by atoms with Gasteiger partial charge in [-0.25, -0.2) is 14.6 Å². The van der Waals surface area contributed by atoms with E-state index in [1.807, 2.05) is 0 Å². The minimum Gasteiger partial charge on any atom is -0.496 e. The van der Waals surface area contributed by atoms with Crippen molar-refractivity contribution >= 4 is 46.1 Å². The lowest BCUT2D eigenvalue weighted by atomic mass is 10.2. The number of rotatable bonds is 10. The molecule has 3 rings (SSSR count). The van der Waals surface area contributed by atoms with Gasteiger partial charge in [0.05, 0.1) is 30.8 Å². The van der Waals surface area contributed by atoms with Crippen LogP contribution in [0, 0.1) is 0 Å². The normalized spacial score (nSPS) is 11.2. The van der Waals surface area contributed by atoms with E-state index in [1.54, 1.807) is 40.8 Å². The van der Waals surface area contributed by atoms with Crippen LogP contribution in [-0.2, 0) is 6.54 Å². The summed E-state index contributed by atoms with van der Waals surface area (Å²) in [5.41, 5.74) is 1.13. The van der Waals surface area contributed by atoms with Gasteiger partial charge >= 0.3 is 0 Å². The number of amides is 1. The third-order valence-electron chi connectivity index (χ3n) is 4.37. The molecule has 0 aliphatic heterocycles. The molecule has 31 heavy (non-hydrogen) atoms. The predicted octanol–water partition coefficient (Wildman–Crippen LogP) is 4.24. The van der Waals surface area contributed by atoms with Gasteiger partial charge in [-0.1, -0.05) is 44.1 Å². The van der Waals surface area contributed by atoms with Gasteiger partial charge in [0.1, 0.15) is 11.6 Å². The number of fused-ring (bicyclic) bond motifs is 1.